The van der Waals surface area contributed by atoms with Gasteiger partial charge in [-0.2, -0.15) is 0 Å². The van der Waals surface area contributed by atoms with Crippen molar-refractivity contribution in [3.05, 3.63) is 35.4 Å². The summed E-state index contributed by atoms with van der Waals surface area (Å²) in [5, 5.41) is 0. The van der Waals surface area contributed by atoms with Gasteiger partial charge < -0.3 is 5.73 Å². The molecule has 0 aliphatic heterocycles. The van der Waals surface area contributed by atoms with E-state index in [0.29, 0.717) is 6.42 Å². The Kier molecular flexibility index (Phi) is 4.10. The van der Waals surface area contributed by atoms with Crippen LogP contribution < -0.4 is 16.6 Å². The highest BCUT2D eigenvalue weighted by atomic mass is 16.1. The number of rotatable bonds is 5. The van der Waals surface area contributed by atoms with Crippen molar-refractivity contribution < 1.29 is 4.79 Å². The van der Waals surface area contributed by atoms with Crippen LogP contribution in [0.3, 0.4) is 0 Å². The van der Waals surface area contributed by atoms with Crippen molar-refractivity contribution in [2.75, 3.05) is 7.05 Å². The first-order chi connectivity index (χ1) is 6.72. The van der Waals surface area contributed by atoms with Crippen molar-refractivity contribution in [2.24, 2.45) is 5.73 Å². The molecule has 0 aromatic heterocycles. The predicted octanol–water partition coefficient (Wildman–Crippen LogP) is -0.0616. The lowest BCUT2D eigenvalue weighted by Crippen LogP contribution is -2.26. The Morgan fingerprint density at radius 2 is 1.86 bits per heavy atom. The number of nitrogens with two attached hydrogens (primary N) is 1. The van der Waals surface area contributed by atoms with E-state index in [1.807, 2.05) is 31.3 Å². The summed E-state index contributed by atoms with van der Waals surface area (Å²) in [6.45, 7) is 0.757. The zero-order chi connectivity index (χ0) is 10.4. The van der Waals surface area contributed by atoms with Crippen molar-refractivity contribution in [3.8, 4) is 0 Å². The molecular formula is C10H15N3O. The molecular weight excluding hydrogens is 178 g/mol. The number of primary amides is 1. The number of hydrogen-bond acceptors (Lipinski definition) is 3. The van der Waals surface area contributed by atoms with Crippen LogP contribution in [0.1, 0.15) is 11.1 Å². The SMILES string of the molecule is CNNCc1ccc(CC(N)=O)cc1. The summed E-state index contributed by atoms with van der Waals surface area (Å²) in [6.07, 6.45) is 0.305. The van der Waals surface area contributed by atoms with E-state index in [1.165, 1.54) is 0 Å². The fourth-order valence-electron chi connectivity index (χ4n) is 1.17. The van der Waals surface area contributed by atoms with Crippen LogP contribution in [0.2, 0.25) is 0 Å². The molecule has 0 aliphatic carbocycles. The van der Waals surface area contributed by atoms with Gasteiger partial charge in [-0.05, 0) is 18.2 Å². The first-order valence-corrected chi connectivity index (χ1v) is 4.48. The minimum Gasteiger partial charge on any atom is -0.369 e. The molecule has 0 saturated carbocycles. The summed E-state index contributed by atoms with van der Waals surface area (Å²) < 4.78 is 0. The quantitative estimate of drug-likeness (QED) is 0.574. The van der Waals surface area contributed by atoms with Crippen LogP contribution in [0.15, 0.2) is 24.3 Å². The van der Waals surface area contributed by atoms with Gasteiger partial charge in [-0.15, -0.1) is 0 Å². The maximum atomic E-state index is 10.6. The van der Waals surface area contributed by atoms with Gasteiger partial charge in [0.25, 0.3) is 0 Å². The highest BCUT2D eigenvalue weighted by Gasteiger charge is 1.97. The second kappa shape index (κ2) is 5.36. The molecule has 0 heterocycles. The third-order valence-corrected chi connectivity index (χ3v) is 1.87. The van der Waals surface area contributed by atoms with Crippen molar-refractivity contribution in [1.82, 2.24) is 10.9 Å². The predicted molar refractivity (Wildman–Crippen MR) is 55.2 cm³/mol. The molecule has 0 atom stereocenters. The molecule has 76 valence electrons. The fraction of sp³-hybridized carbons (Fsp3) is 0.300. The Morgan fingerprint density at radius 3 is 2.36 bits per heavy atom. The number of nitrogens with one attached hydrogen (secondary N) is 2. The molecule has 4 N–H and O–H groups in total. The smallest absolute Gasteiger partial charge is 0.221 e. The molecule has 0 saturated heterocycles. The van der Waals surface area contributed by atoms with Crippen LogP contribution in [-0.2, 0) is 17.8 Å². The second-order valence-electron chi connectivity index (χ2n) is 3.06. The van der Waals surface area contributed by atoms with Gasteiger partial charge in [0.15, 0.2) is 0 Å². The van der Waals surface area contributed by atoms with Gasteiger partial charge >= 0.3 is 0 Å². The molecule has 4 nitrogen and oxygen atoms in total. The number of amides is 1. The fourth-order valence-corrected chi connectivity index (χ4v) is 1.17. The van der Waals surface area contributed by atoms with E-state index in [1.54, 1.807) is 0 Å². The first kappa shape index (κ1) is 10.7. The van der Waals surface area contributed by atoms with E-state index in [-0.39, 0.29) is 5.91 Å². The number of hydrazine groups is 1. The number of carbonyl (C=O) groups excluding carboxylic acids is 1. The van der Waals surface area contributed by atoms with E-state index < -0.39 is 0 Å². The van der Waals surface area contributed by atoms with Crippen molar-refractivity contribution in [3.63, 3.8) is 0 Å². The maximum absolute atomic E-state index is 10.6. The topological polar surface area (TPSA) is 67.2 Å². The van der Waals surface area contributed by atoms with Gasteiger partial charge in [0, 0.05) is 6.54 Å². The standard InChI is InChI=1S/C10H15N3O/c1-12-13-7-9-4-2-8(3-5-9)6-10(11)14/h2-5,12-13H,6-7H2,1H3,(H2,11,14). The van der Waals surface area contributed by atoms with Gasteiger partial charge in [0.2, 0.25) is 5.91 Å². The van der Waals surface area contributed by atoms with Crippen LogP contribution in [-0.4, -0.2) is 13.0 Å². The van der Waals surface area contributed by atoms with Crippen molar-refractivity contribution in [1.29, 1.82) is 0 Å². The third kappa shape index (κ3) is 3.55. The molecule has 1 rings (SSSR count). The largest absolute Gasteiger partial charge is 0.369 e. The lowest BCUT2D eigenvalue weighted by Gasteiger charge is -2.03. The van der Waals surface area contributed by atoms with Gasteiger partial charge in [0.1, 0.15) is 0 Å². The van der Waals surface area contributed by atoms with Crippen LogP contribution in [0.25, 0.3) is 0 Å². The van der Waals surface area contributed by atoms with E-state index in [9.17, 15) is 4.79 Å². The van der Waals surface area contributed by atoms with Gasteiger partial charge in [-0.25, -0.2) is 0 Å². The lowest BCUT2D eigenvalue weighted by atomic mass is 10.1. The maximum Gasteiger partial charge on any atom is 0.221 e. The normalized spacial score (nSPS) is 10.1. The number of carbonyl (C=O) groups is 1. The minimum absolute atomic E-state index is 0.300. The van der Waals surface area contributed by atoms with Crippen LogP contribution in [0, 0.1) is 0 Å². The number of benzene rings is 1. The number of hydrogen-bond donors (Lipinski definition) is 3. The summed E-state index contributed by atoms with van der Waals surface area (Å²) in [4.78, 5) is 10.6. The summed E-state index contributed by atoms with van der Waals surface area (Å²) >= 11 is 0. The molecule has 1 amide bonds. The second-order valence-corrected chi connectivity index (χ2v) is 3.06. The highest BCUT2D eigenvalue weighted by Crippen LogP contribution is 2.04. The Labute approximate surface area is 83.5 Å². The van der Waals surface area contributed by atoms with E-state index in [4.69, 9.17) is 5.73 Å². The van der Waals surface area contributed by atoms with Gasteiger partial charge in [-0.1, -0.05) is 24.3 Å². The summed E-state index contributed by atoms with van der Waals surface area (Å²) in [6, 6.07) is 7.78. The molecule has 1 aromatic carbocycles. The van der Waals surface area contributed by atoms with E-state index in [0.717, 1.165) is 17.7 Å². The lowest BCUT2D eigenvalue weighted by molar-refractivity contribution is -0.117. The molecule has 14 heavy (non-hydrogen) atoms. The monoisotopic (exact) mass is 193 g/mol. The zero-order valence-electron chi connectivity index (χ0n) is 8.21. The van der Waals surface area contributed by atoms with Crippen LogP contribution in [0.4, 0.5) is 0 Å². The highest BCUT2D eigenvalue weighted by molar-refractivity contribution is 5.76. The average Bonchev–Trinajstić information content (AvgIpc) is 2.16. The molecule has 0 spiro atoms. The van der Waals surface area contributed by atoms with Gasteiger partial charge in [-0.3, -0.25) is 15.6 Å². The summed E-state index contributed by atoms with van der Waals surface area (Å²) in [7, 11) is 1.82. The van der Waals surface area contributed by atoms with Crippen molar-refractivity contribution >= 4 is 5.91 Å². The molecule has 0 bridgehead atoms. The summed E-state index contributed by atoms with van der Waals surface area (Å²) in [5.41, 5.74) is 13.0. The minimum atomic E-state index is -0.300. The molecule has 4 heteroatoms. The Hall–Kier alpha value is -1.39. The summed E-state index contributed by atoms with van der Waals surface area (Å²) in [5.74, 6) is -0.300. The Morgan fingerprint density at radius 1 is 1.29 bits per heavy atom. The van der Waals surface area contributed by atoms with E-state index in [2.05, 4.69) is 10.9 Å². The zero-order valence-corrected chi connectivity index (χ0v) is 8.21. The third-order valence-electron chi connectivity index (χ3n) is 1.87. The van der Waals surface area contributed by atoms with Crippen molar-refractivity contribution in [2.45, 2.75) is 13.0 Å². The molecule has 0 aliphatic rings. The molecule has 0 fully saturated rings. The first-order valence-electron chi connectivity index (χ1n) is 4.48. The van der Waals surface area contributed by atoms with E-state index >= 15 is 0 Å². The van der Waals surface area contributed by atoms with Crippen LogP contribution in [0.5, 0.6) is 0 Å². The Balaban J connectivity index is 2.54. The molecule has 0 unspecified atom stereocenters. The molecule has 1 aromatic rings. The average molecular weight is 193 g/mol. The van der Waals surface area contributed by atoms with Gasteiger partial charge in [0.05, 0.1) is 6.42 Å². The van der Waals surface area contributed by atoms with Crippen LogP contribution >= 0.6 is 0 Å². The Bertz CT molecular complexity index is 295. The molecule has 0 radical (unpaired) electrons.